The molecule has 0 aliphatic heterocycles. The number of benzene rings is 4. The number of amides is 1. The van der Waals surface area contributed by atoms with Crippen LogP contribution in [0.25, 0.3) is 10.8 Å². The van der Waals surface area contributed by atoms with Gasteiger partial charge in [-0.25, -0.2) is 0 Å². The van der Waals surface area contributed by atoms with E-state index in [1.54, 1.807) is 7.11 Å². The topological polar surface area (TPSA) is 50.4 Å². The average molecular weight is 425 g/mol. The van der Waals surface area contributed by atoms with Crippen molar-refractivity contribution in [2.45, 2.75) is 25.9 Å². The predicted molar refractivity (Wildman–Crippen MR) is 131 cm³/mol. The number of hydrogen-bond acceptors (Lipinski definition) is 3. The standard InChI is InChI=1S/C28H28N2O2/c1-19-13-16-26(32-3)25(17-19)30-28(31)27(22-10-5-4-6-11-22)29-20(2)23-15-14-21-9-7-8-12-24(21)18-23/h4-18,20,27,29H,1-3H3,(H,30,31). The summed E-state index contributed by atoms with van der Waals surface area (Å²) in [6.45, 7) is 4.07. The van der Waals surface area contributed by atoms with E-state index < -0.39 is 6.04 Å². The molecule has 2 N–H and O–H groups in total. The van der Waals surface area contributed by atoms with Crippen molar-refractivity contribution in [3.8, 4) is 5.75 Å². The van der Waals surface area contributed by atoms with Crippen LogP contribution in [0.4, 0.5) is 5.69 Å². The molecule has 32 heavy (non-hydrogen) atoms. The van der Waals surface area contributed by atoms with Gasteiger partial charge >= 0.3 is 0 Å². The molecule has 0 spiro atoms. The summed E-state index contributed by atoms with van der Waals surface area (Å²) in [5, 5.41) is 8.98. The van der Waals surface area contributed by atoms with Gasteiger partial charge in [0.25, 0.3) is 0 Å². The molecule has 0 fully saturated rings. The zero-order valence-electron chi connectivity index (χ0n) is 18.6. The summed E-state index contributed by atoms with van der Waals surface area (Å²) in [6, 6.07) is 29.7. The fourth-order valence-electron chi connectivity index (χ4n) is 3.92. The normalized spacial score (nSPS) is 12.8. The Morgan fingerprint density at radius 3 is 2.28 bits per heavy atom. The van der Waals surface area contributed by atoms with Gasteiger partial charge in [-0.1, -0.05) is 72.8 Å². The molecule has 0 aromatic heterocycles. The third kappa shape index (κ3) is 4.82. The third-order valence-electron chi connectivity index (χ3n) is 5.70. The molecule has 4 aromatic carbocycles. The Hall–Kier alpha value is -3.63. The maximum Gasteiger partial charge on any atom is 0.246 e. The van der Waals surface area contributed by atoms with Crippen molar-refractivity contribution < 1.29 is 9.53 Å². The second kappa shape index (κ2) is 9.67. The number of carbonyl (C=O) groups is 1. The van der Waals surface area contributed by atoms with E-state index in [1.165, 1.54) is 10.8 Å². The van der Waals surface area contributed by atoms with Crippen molar-refractivity contribution in [2.75, 3.05) is 12.4 Å². The van der Waals surface area contributed by atoms with Crippen LogP contribution < -0.4 is 15.4 Å². The molecule has 4 rings (SSSR count). The number of ether oxygens (including phenoxy) is 1. The van der Waals surface area contributed by atoms with Gasteiger partial charge in [-0.15, -0.1) is 0 Å². The number of hydrogen-bond donors (Lipinski definition) is 2. The summed E-state index contributed by atoms with van der Waals surface area (Å²) in [7, 11) is 1.61. The average Bonchev–Trinajstić information content (AvgIpc) is 2.82. The minimum atomic E-state index is -0.525. The lowest BCUT2D eigenvalue weighted by atomic mass is 10.00. The Morgan fingerprint density at radius 2 is 1.53 bits per heavy atom. The monoisotopic (exact) mass is 424 g/mol. The molecule has 2 atom stereocenters. The van der Waals surface area contributed by atoms with Crippen LogP contribution in [0, 0.1) is 6.92 Å². The maximum absolute atomic E-state index is 13.4. The van der Waals surface area contributed by atoms with Crippen molar-refractivity contribution >= 4 is 22.4 Å². The van der Waals surface area contributed by atoms with Crippen LogP contribution in [0.15, 0.2) is 91.0 Å². The van der Waals surface area contributed by atoms with E-state index in [9.17, 15) is 4.79 Å². The Balaban J connectivity index is 1.62. The van der Waals surface area contributed by atoms with Gasteiger partial charge in [-0.3, -0.25) is 10.1 Å². The maximum atomic E-state index is 13.4. The SMILES string of the molecule is COc1ccc(C)cc1NC(=O)C(NC(C)c1ccc2ccccc2c1)c1ccccc1. The number of fused-ring (bicyclic) bond motifs is 1. The second-order valence-corrected chi connectivity index (χ2v) is 8.03. The summed E-state index contributed by atoms with van der Waals surface area (Å²) in [5.41, 5.74) is 3.75. The fraction of sp³-hybridized carbons (Fsp3) is 0.179. The summed E-state index contributed by atoms with van der Waals surface area (Å²) >= 11 is 0. The lowest BCUT2D eigenvalue weighted by Gasteiger charge is -2.24. The molecule has 0 bridgehead atoms. The van der Waals surface area contributed by atoms with E-state index in [1.807, 2.05) is 67.6 Å². The number of anilines is 1. The van der Waals surface area contributed by atoms with Gasteiger partial charge in [0, 0.05) is 6.04 Å². The molecule has 162 valence electrons. The zero-order chi connectivity index (χ0) is 22.5. The van der Waals surface area contributed by atoms with Crippen LogP contribution in [-0.4, -0.2) is 13.0 Å². The Labute approximate surface area is 189 Å². The van der Waals surface area contributed by atoms with E-state index in [0.717, 1.165) is 16.7 Å². The van der Waals surface area contributed by atoms with Crippen LogP contribution in [-0.2, 0) is 4.79 Å². The Morgan fingerprint density at radius 1 is 0.812 bits per heavy atom. The molecule has 0 radical (unpaired) electrons. The molecule has 4 aromatic rings. The summed E-state index contributed by atoms with van der Waals surface area (Å²) in [4.78, 5) is 13.4. The number of nitrogens with one attached hydrogen (secondary N) is 2. The number of carbonyl (C=O) groups excluding carboxylic acids is 1. The molecule has 4 nitrogen and oxygen atoms in total. The first-order valence-electron chi connectivity index (χ1n) is 10.8. The van der Waals surface area contributed by atoms with Gasteiger partial charge in [-0.2, -0.15) is 0 Å². The van der Waals surface area contributed by atoms with Gasteiger partial charge < -0.3 is 10.1 Å². The van der Waals surface area contributed by atoms with Gasteiger partial charge in [0.2, 0.25) is 5.91 Å². The van der Waals surface area contributed by atoms with Crippen molar-refractivity contribution in [2.24, 2.45) is 0 Å². The quantitative estimate of drug-likeness (QED) is 0.372. The lowest BCUT2D eigenvalue weighted by Crippen LogP contribution is -2.34. The highest BCUT2D eigenvalue weighted by Crippen LogP contribution is 2.28. The van der Waals surface area contributed by atoms with Crippen molar-refractivity contribution in [1.82, 2.24) is 5.32 Å². The Kier molecular flexibility index (Phi) is 6.52. The van der Waals surface area contributed by atoms with Crippen molar-refractivity contribution in [1.29, 1.82) is 0 Å². The molecule has 0 saturated heterocycles. The number of aryl methyl sites for hydroxylation is 1. The molecule has 2 unspecified atom stereocenters. The van der Waals surface area contributed by atoms with Crippen molar-refractivity contribution in [3.63, 3.8) is 0 Å². The van der Waals surface area contributed by atoms with Gasteiger partial charge in [0.05, 0.1) is 12.8 Å². The molecule has 0 aliphatic carbocycles. The van der Waals surface area contributed by atoms with E-state index in [-0.39, 0.29) is 11.9 Å². The van der Waals surface area contributed by atoms with Gasteiger partial charge in [0.1, 0.15) is 11.8 Å². The van der Waals surface area contributed by atoms with Crippen LogP contribution in [0.3, 0.4) is 0 Å². The predicted octanol–water partition coefficient (Wildman–Crippen LogP) is 6.19. The van der Waals surface area contributed by atoms with Crippen LogP contribution in [0.5, 0.6) is 5.75 Å². The van der Waals surface area contributed by atoms with Crippen LogP contribution in [0.1, 0.15) is 35.7 Å². The molecular formula is C28H28N2O2. The minimum Gasteiger partial charge on any atom is -0.495 e. The van der Waals surface area contributed by atoms with E-state index in [4.69, 9.17) is 4.74 Å². The summed E-state index contributed by atoms with van der Waals surface area (Å²) < 4.78 is 5.44. The first-order chi connectivity index (χ1) is 15.5. The highest BCUT2D eigenvalue weighted by Gasteiger charge is 2.24. The Bertz CT molecular complexity index is 1220. The lowest BCUT2D eigenvalue weighted by molar-refractivity contribution is -0.118. The van der Waals surface area contributed by atoms with Crippen LogP contribution in [0.2, 0.25) is 0 Å². The number of rotatable bonds is 7. The molecule has 0 heterocycles. The molecule has 0 saturated carbocycles. The largest absolute Gasteiger partial charge is 0.495 e. The second-order valence-electron chi connectivity index (χ2n) is 8.03. The van der Waals surface area contributed by atoms with E-state index in [0.29, 0.717) is 11.4 Å². The first-order valence-corrected chi connectivity index (χ1v) is 10.8. The molecular weight excluding hydrogens is 396 g/mol. The molecule has 4 heteroatoms. The fourth-order valence-corrected chi connectivity index (χ4v) is 3.92. The van der Waals surface area contributed by atoms with Crippen molar-refractivity contribution in [3.05, 3.63) is 108 Å². The van der Waals surface area contributed by atoms with Gasteiger partial charge in [0.15, 0.2) is 0 Å². The molecule has 0 aliphatic rings. The summed E-state index contributed by atoms with van der Waals surface area (Å²) in [6.07, 6.45) is 0. The van der Waals surface area contributed by atoms with Crippen LogP contribution >= 0.6 is 0 Å². The first kappa shape index (κ1) is 21.6. The zero-order valence-corrected chi connectivity index (χ0v) is 18.6. The summed E-state index contributed by atoms with van der Waals surface area (Å²) in [5.74, 6) is 0.506. The highest BCUT2D eigenvalue weighted by atomic mass is 16.5. The van der Waals surface area contributed by atoms with Gasteiger partial charge in [-0.05, 0) is 59.5 Å². The molecule has 1 amide bonds. The third-order valence-corrected chi connectivity index (χ3v) is 5.70. The van der Waals surface area contributed by atoms with E-state index >= 15 is 0 Å². The highest BCUT2D eigenvalue weighted by molar-refractivity contribution is 5.97. The smallest absolute Gasteiger partial charge is 0.246 e. The number of methoxy groups -OCH3 is 1. The van der Waals surface area contributed by atoms with E-state index in [2.05, 4.69) is 47.9 Å². The minimum absolute atomic E-state index is 0.0324.